The molecule has 4 aromatic heterocycles. The van der Waals surface area contributed by atoms with E-state index >= 15 is 0 Å². The van der Waals surface area contributed by atoms with Crippen molar-refractivity contribution in [1.82, 2.24) is 29.5 Å². The fraction of sp³-hybridized carbons (Fsp3) is 0.500. The highest BCUT2D eigenvalue weighted by Crippen LogP contribution is 2.36. The summed E-state index contributed by atoms with van der Waals surface area (Å²) in [5.41, 5.74) is 3.39. The quantitative estimate of drug-likeness (QED) is 0.409. The highest BCUT2D eigenvalue weighted by atomic mass is 16.5. The summed E-state index contributed by atoms with van der Waals surface area (Å²) in [6, 6.07) is 8.29. The second-order valence-electron chi connectivity index (χ2n) is 10.9. The molecule has 10 nitrogen and oxygen atoms in total. The molecule has 0 radical (unpaired) electrons. The van der Waals surface area contributed by atoms with Crippen molar-refractivity contribution in [2.45, 2.75) is 64.4 Å². The monoisotopic (exact) mass is 517 g/mol. The third-order valence-electron chi connectivity index (χ3n) is 7.18. The molecule has 2 saturated heterocycles. The zero-order valence-electron chi connectivity index (χ0n) is 22.2. The molecule has 6 heterocycles. The third kappa shape index (κ3) is 4.91. The number of hydrogen-bond acceptors (Lipinski definition) is 8. The van der Waals surface area contributed by atoms with E-state index in [9.17, 15) is 5.11 Å². The number of rotatable bonds is 6. The summed E-state index contributed by atoms with van der Waals surface area (Å²) in [5.74, 6) is 0.870. The van der Waals surface area contributed by atoms with Gasteiger partial charge in [0.25, 0.3) is 0 Å². The Morgan fingerprint density at radius 3 is 2.82 bits per heavy atom. The van der Waals surface area contributed by atoms with E-state index in [1.165, 1.54) is 0 Å². The normalized spacial score (nSPS) is 20.8. The van der Waals surface area contributed by atoms with Gasteiger partial charge in [0.2, 0.25) is 0 Å². The number of aliphatic hydroxyl groups is 1. The fourth-order valence-electron chi connectivity index (χ4n) is 5.39. The van der Waals surface area contributed by atoms with E-state index in [0.29, 0.717) is 19.8 Å². The van der Waals surface area contributed by atoms with E-state index in [0.717, 1.165) is 71.8 Å². The largest absolute Gasteiger partial charge is 0.389 e. The third-order valence-corrected chi connectivity index (χ3v) is 7.18. The number of pyridine rings is 2. The Morgan fingerprint density at radius 1 is 1.13 bits per heavy atom. The van der Waals surface area contributed by atoms with Crippen molar-refractivity contribution < 1.29 is 14.6 Å². The van der Waals surface area contributed by atoms with Gasteiger partial charge in [-0.2, -0.15) is 10.2 Å². The molecule has 1 unspecified atom stereocenters. The first-order valence-corrected chi connectivity index (χ1v) is 13.4. The topological polar surface area (TPSA) is 103 Å². The molecule has 38 heavy (non-hydrogen) atoms. The lowest BCUT2D eigenvalue weighted by atomic mass is 10.0. The number of morpholine rings is 1. The molecule has 2 fully saturated rings. The summed E-state index contributed by atoms with van der Waals surface area (Å²) in [7, 11) is 0. The van der Waals surface area contributed by atoms with E-state index in [1.54, 1.807) is 24.7 Å². The van der Waals surface area contributed by atoms with Crippen LogP contribution in [-0.2, 0) is 16.0 Å². The summed E-state index contributed by atoms with van der Waals surface area (Å²) >= 11 is 0. The first kappa shape index (κ1) is 25.0. The number of aromatic nitrogens is 6. The molecular weight excluding hydrogens is 482 g/mol. The van der Waals surface area contributed by atoms with Crippen LogP contribution in [-0.4, -0.2) is 72.6 Å². The number of nitrogens with zero attached hydrogens (tertiary/aromatic N) is 7. The van der Waals surface area contributed by atoms with Crippen LogP contribution in [0.15, 0.2) is 42.9 Å². The van der Waals surface area contributed by atoms with Gasteiger partial charge in [-0.05, 0) is 64.3 Å². The standard InChI is InChI=1S/C28H35N7O3/c1-19-17-37-15-13-34(19)24-16-21(22-9-12-33(32-22)18-28(2,3)36)20-7-10-29-27(26(20)31-24)23-8-11-30-35(23)25-6-4-5-14-38-25/h7-12,16,19,25,36H,4-6,13-15,17-18H2,1-3H3/t19-,25?/m1/s1. The van der Waals surface area contributed by atoms with Crippen LogP contribution in [0.2, 0.25) is 0 Å². The molecule has 0 spiro atoms. The molecule has 1 N–H and O–H groups in total. The number of hydrogen-bond donors (Lipinski definition) is 1. The summed E-state index contributed by atoms with van der Waals surface area (Å²) in [6.45, 7) is 8.93. The van der Waals surface area contributed by atoms with Gasteiger partial charge < -0.3 is 19.5 Å². The van der Waals surface area contributed by atoms with Gasteiger partial charge in [-0.25, -0.2) is 9.67 Å². The van der Waals surface area contributed by atoms with Crippen LogP contribution >= 0.6 is 0 Å². The van der Waals surface area contributed by atoms with Crippen LogP contribution in [0.3, 0.4) is 0 Å². The minimum absolute atomic E-state index is 0.106. The Bertz CT molecular complexity index is 1420. The van der Waals surface area contributed by atoms with Gasteiger partial charge in [-0.15, -0.1) is 0 Å². The Kier molecular flexibility index (Phi) is 6.63. The van der Waals surface area contributed by atoms with Crippen molar-refractivity contribution in [3.8, 4) is 22.6 Å². The van der Waals surface area contributed by atoms with Crippen molar-refractivity contribution in [3.05, 3.63) is 42.9 Å². The van der Waals surface area contributed by atoms with Crippen LogP contribution in [0, 0.1) is 0 Å². The molecule has 10 heteroatoms. The summed E-state index contributed by atoms with van der Waals surface area (Å²) in [6.07, 6.45) is 8.55. The number of anilines is 1. The summed E-state index contributed by atoms with van der Waals surface area (Å²) in [4.78, 5) is 12.3. The Balaban J connectivity index is 1.52. The van der Waals surface area contributed by atoms with Gasteiger partial charge in [0.1, 0.15) is 17.0 Å². The van der Waals surface area contributed by atoms with Crippen LogP contribution in [0.1, 0.15) is 46.3 Å². The molecule has 0 saturated carbocycles. The molecule has 2 atom stereocenters. The lowest BCUT2D eigenvalue weighted by Crippen LogP contribution is -2.44. The van der Waals surface area contributed by atoms with E-state index in [1.807, 2.05) is 35.3 Å². The maximum atomic E-state index is 10.3. The van der Waals surface area contributed by atoms with Crippen molar-refractivity contribution in [2.75, 3.05) is 31.3 Å². The molecule has 200 valence electrons. The Hall–Kier alpha value is -3.34. The number of ether oxygens (including phenoxy) is 2. The lowest BCUT2D eigenvalue weighted by molar-refractivity contribution is -0.0383. The zero-order chi connectivity index (χ0) is 26.3. The number of fused-ring (bicyclic) bond motifs is 1. The molecule has 6 rings (SSSR count). The van der Waals surface area contributed by atoms with Gasteiger partial charge in [0, 0.05) is 42.7 Å². The Morgan fingerprint density at radius 2 is 2.03 bits per heavy atom. The smallest absolute Gasteiger partial charge is 0.150 e. The van der Waals surface area contributed by atoms with Crippen LogP contribution < -0.4 is 4.90 Å². The summed E-state index contributed by atoms with van der Waals surface area (Å²) in [5, 5.41) is 20.7. The highest BCUT2D eigenvalue weighted by molar-refractivity contribution is 6.01. The summed E-state index contributed by atoms with van der Waals surface area (Å²) < 4.78 is 15.5. The second kappa shape index (κ2) is 10.1. The predicted molar refractivity (Wildman–Crippen MR) is 145 cm³/mol. The van der Waals surface area contributed by atoms with Crippen molar-refractivity contribution in [3.63, 3.8) is 0 Å². The van der Waals surface area contributed by atoms with Crippen molar-refractivity contribution in [1.29, 1.82) is 0 Å². The maximum Gasteiger partial charge on any atom is 0.150 e. The van der Waals surface area contributed by atoms with Gasteiger partial charge in [0.05, 0.1) is 42.8 Å². The molecule has 2 aliphatic heterocycles. The van der Waals surface area contributed by atoms with Crippen LogP contribution in [0.4, 0.5) is 5.82 Å². The zero-order valence-corrected chi connectivity index (χ0v) is 22.2. The van der Waals surface area contributed by atoms with Gasteiger partial charge in [-0.1, -0.05) is 0 Å². The highest BCUT2D eigenvalue weighted by Gasteiger charge is 2.26. The van der Waals surface area contributed by atoms with E-state index in [2.05, 4.69) is 23.0 Å². The molecule has 2 aliphatic rings. The van der Waals surface area contributed by atoms with E-state index in [-0.39, 0.29) is 12.3 Å². The Labute approximate surface area is 222 Å². The van der Waals surface area contributed by atoms with Crippen LogP contribution in [0.25, 0.3) is 33.5 Å². The average Bonchev–Trinajstić information content (AvgIpc) is 3.57. The average molecular weight is 518 g/mol. The fourth-order valence-corrected chi connectivity index (χ4v) is 5.39. The SMILES string of the molecule is C[C@@H]1COCCN1c1cc(-c2ccn(CC(C)(C)O)n2)c2ccnc(-c3ccnn3C3CCCCO3)c2n1. The molecule has 4 aromatic rings. The second-order valence-corrected chi connectivity index (χ2v) is 10.9. The first-order chi connectivity index (χ1) is 18.4. The van der Waals surface area contributed by atoms with Gasteiger partial charge in [0.15, 0.2) is 6.23 Å². The maximum absolute atomic E-state index is 10.3. The molecule has 0 amide bonds. The molecular formula is C28H35N7O3. The molecule has 0 aromatic carbocycles. The molecule has 0 bridgehead atoms. The van der Waals surface area contributed by atoms with Crippen LogP contribution in [0.5, 0.6) is 0 Å². The van der Waals surface area contributed by atoms with E-state index < -0.39 is 5.60 Å². The minimum atomic E-state index is -0.866. The predicted octanol–water partition coefficient (Wildman–Crippen LogP) is 4.05. The van der Waals surface area contributed by atoms with E-state index in [4.69, 9.17) is 24.5 Å². The lowest BCUT2D eigenvalue weighted by Gasteiger charge is -2.34. The first-order valence-electron chi connectivity index (χ1n) is 13.4. The van der Waals surface area contributed by atoms with Gasteiger partial charge in [-0.3, -0.25) is 9.67 Å². The van der Waals surface area contributed by atoms with Crippen molar-refractivity contribution in [2.24, 2.45) is 0 Å². The minimum Gasteiger partial charge on any atom is -0.389 e. The van der Waals surface area contributed by atoms with Gasteiger partial charge >= 0.3 is 0 Å². The molecule has 0 aliphatic carbocycles. The van der Waals surface area contributed by atoms with Crippen molar-refractivity contribution >= 4 is 16.7 Å².